The van der Waals surface area contributed by atoms with Crippen molar-refractivity contribution in [1.82, 2.24) is 0 Å². The lowest BCUT2D eigenvalue weighted by molar-refractivity contribution is -0.143. The molecule has 0 unspecified atom stereocenters. The number of hydrogen-bond acceptors (Lipinski definition) is 6. The van der Waals surface area contributed by atoms with Gasteiger partial charge in [0, 0.05) is 5.57 Å². The van der Waals surface area contributed by atoms with Gasteiger partial charge in [-0.05, 0) is 6.92 Å². The van der Waals surface area contributed by atoms with E-state index in [4.69, 9.17) is 0 Å². The van der Waals surface area contributed by atoms with Gasteiger partial charge in [0.1, 0.15) is 0 Å². The largest absolute Gasteiger partial charge is 0.414 e. The first-order valence-electron chi connectivity index (χ1n) is 3.12. The van der Waals surface area contributed by atoms with Crippen LogP contribution in [-0.2, 0) is 19.1 Å². The van der Waals surface area contributed by atoms with Gasteiger partial charge in [0.2, 0.25) is 12.2 Å². The van der Waals surface area contributed by atoms with Crippen LogP contribution in [0.1, 0.15) is 6.92 Å². The number of nitrogens with zero attached hydrogens (tertiary/aromatic N) is 2. The van der Waals surface area contributed by atoms with E-state index in [9.17, 15) is 14.4 Å². The Morgan fingerprint density at radius 2 is 1.85 bits per heavy atom. The van der Waals surface area contributed by atoms with Crippen LogP contribution in [0.4, 0.5) is 0 Å². The molecule has 0 amide bonds. The monoisotopic (exact) mass is 182 g/mol. The van der Waals surface area contributed by atoms with E-state index in [2.05, 4.69) is 21.3 Å². The van der Waals surface area contributed by atoms with Crippen molar-refractivity contribution in [3.8, 4) is 0 Å². The third kappa shape index (κ3) is 4.42. The number of ether oxygens (including phenoxy) is 1. The maximum absolute atomic E-state index is 10.8. The summed E-state index contributed by atoms with van der Waals surface area (Å²) in [6, 6.07) is 0. The summed E-state index contributed by atoms with van der Waals surface area (Å²) in [5.74, 6) is -0.803. The molecular formula is C7H6N2O4. The quantitative estimate of drug-likeness (QED) is 0.266. The molecule has 0 radical (unpaired) electrons. The van der Waals surface area contributed by atoms with Crippen molar-refractivity contribution in [1.29, 1.82) is 0 Å². The van der Waals surface area contributed by atoms with E-state index in [0.717, 1.165) is 12.2 Å². The van der Waals surface area contributed by atoms with Crippen molar-refractivity contribution in [3.63, 3.8) is 0 Å². The third-order valence-corrected chi connectivity index (χ3v) is 0.887. The van der Waals surface area contributed by atoms with E-state index in [0.29, 0.717) is 0 Å². The van der Waals surface area contributed by atoms with Crippen molar-refractivity contribution >= 4 is 18.1 Å². The van der Waals surface area contributed by atoms with E-state index < -0.39 is 12.3 Å². The van der Waals surface area contributed by atoms with Crippen LogP contribution in [0.5, 0.6) is 0 Å². The second-order valence-corrected chi connectivity index (χ2v) is 1.95. The average Bonchev–Trinajstić information content (AvgIpc) is 2.05. The highest BCUT2D eigenvalue weighted by Gasteiger charge is 2.11. The van der Waals surface area contributed by atoms with Gasteiger partial charge in [-0.15, -0.1) is 9.98 Å². The maximum Gasteiger partial charge on any atom is 0.336 e. The minimum Gasteiger partial charge on any atom is -0.414 e. The molecule has 0 spiro atoms. The highest BCUT2D eigenvalue weighted by molar-refractivity contribution is 5.87. The summed E-state index contributed by atoms with van der Waals surface area (Å²) < 4.78 is 4.40. The van der Waals surface area contributed by atoms with Crippen molar-refractivity contribution in [2.45, 2.75) is 13.3 Å². The highest BCUT2D eigenvalue weighted by Crippen LogP contribution is 1.99. The Balaban J connectivity index is 4.42. The Morgan fingerprint density at radius 3 is 2.15 bits per heavy atom. The smallest absolute Gasteiger partial charge is 0.336 e. The van der Waals surface area contributed by atoms with Gasteiger partial charge in [-0.3, -0.25) is 0 Å². The maximum atomic E-state index is 10.8. The number of aliphatic imine (C=N–C) groups is 2. The summed E-state index contributed by atoms with van der Waals surface area (Å²) in [7, 11) is 0. The van der Waals surface area contributed by atoms with Crippen LogP contribution in [0.15, 0.2) is 22.1 Å². The molecule has 0 aliphatic carbocycles. The van der Waals surface area contributed by atoms with Crippen LogP contribution < -0.4 is 0 Å². The van der Waals surface area contributed by atoms with Crippen molar-refractivity contribution in [2.24, 2.45) is 9.98 Å². The van der Waals surface area contributed by atoms with Gasteiger partial charge >= 0.3 is 12.3 Å². The fourth-order valence-electron chi connectivity index (χ4n) is 0.368. The second kappa shape index (κ2) is 5.60. The van der Waals surface area contributed by atoms with E-state index in [-0.39, 0.29) is 5.57 Å². The molecule has 6 heteroatoms. The standard InChI is InChI=1S/C7H6N2O4/c1-5(2)6(12)13-7(8-3-10)9-4-11/h7H,1H2,2H3. The number of esters is 1. The first-order valence-corrected chi connectivity index (χ1v) is 3.12. The van der Waals surface area contributed by atoms with Crippen LogP contribution in [0.3, 0.4) is 0 Å². The Hall–Kier alpha value is -2.03. The molecule has 0 fully saturated rings. The van der Waals surface area contributed by atoms with Crippen LogP contribution in [0.25, 0.3) is 0 Å². The summed E-state index contributed by atoms with van der Waals surface area (Å²) in [5.41, 5.74) is 0.104. The van der Waals surface area contributed by atoms with Crippen molar-refractivity contribution in [3.05, 3.63) is 12.2 Å². The highest BCUT2D eigenvalue weighted by atomic mass is 16.6. The average molecular weight is 182 g/mol. The Morgan fingerprint density at radius 1 is 1.38 bits per heavy atom. The topological polar surface area (TPSA) is 85.2 Å². The molecule has 0 aromatic heterocycles. The first kappa shape index (κ1) is 11.0. The normalized spacial score (nSPS) is 10.2. The van der Waals surface area contributed by atoms with Gasteiger partial charge < -0.3 is 4.74 Å². The predicted molar refractivity (Wildman–Crippen MR) is 40.9 cm³/mol. The van der Waals surface area contributed by atoms with Gasteiger partial charge in [-0.25, -0.2) is 14.4 Å². The molecular weight excluding hydrogens is 176 g/mol. The lowest BCUT2D eigenvalue weighted by Gasteiger charge is -2.04. The number of hydrogen-bond donors (Lipinski definition) is 0. The zero-order chi connectivity index (χ0) is 10.3. The lowest BCUT2D eigenvalue weighted by atomic mass is 10.4. The number of rotatable bonds is 4. The molecule has 0 aromatic carbocycles. The van der Waals surface area contributed by atoms with Crippen molar-refractivity contribution < 1.29 is 19.1 Å². The van der Waals surface area contributed by atoms with Gasteiger partial charge in [-0.2, -0.15) is 0 Å². The number of carbonyl (C=O) groups excluding carboxylic acids is 3. The van der Waals surface area contributed by atoms with E-state index in [1.165, 1.54) is 6.92 Å². The van der Waals surface area contributed by atoms with Gasteiger partial charge in [0.05, 0.1) is 0 Å². The molecule has 68 valence electrons. The van der Waals surface area contributed by atoms with Gasteiger partial charge in [-0.1, -0.05) is 6.58 Å². The van der Waals surface area contributed by atoms with Crippen LogP contribution >= 0.6 is 0 Å². The molecule has 0 saturated heterocycles. The lowest BCUT2D eigenvalue weighted by Crippen LogP contribution is -2.14. The fraction of sp³-hybridized carbons (Fsp3) is 0.286. The molecule has 0 aliphatic rings. The zero-order valence-corrected chi connectivity index (χ0v) is 6.81. The molecule has 0 atom stereocenters. The molecule has 13 heavy (non-hydrogen) atoms. The predicted octanol–water partition coefficient (Wildman–Crippen LogP) is 0.0609. The molecule has 0 aromatic rings. The van der Waals surface area contributed by atoms with Gasteiger partial charge in [0.25, 0.3) is 0 Å². The second-order valence-electron chi connectivity index (χ2n) is 1.95. The SMILES string of the molecule is C=C(C)C(=O)OC(N=C=O)N=C=O. The number of carbonyl (C=O) groups is 1. The number of isocyanates is 2. The zero-order valence-electron chi connectivity index (χ0n) is 6.81. The summed E-state index contributed by atoms with van der Waals surface area (Å²) in [6.07, 6.45) is 0.670. The Bertz CT molecular complexity index is 292. The fourth-order valence-corrected chi connectivity index (χ4v) is 0.368. The van der Waals surface area contributed by atoms with Crippen LogP contribution in [0, 0.1) is 0 Å². The Kier molecular flexibility index (Phi) is 4.72. The molecule has 6 nitrogen and oxygen atoms in total. The molecule has 0 saturated carbocycles. The van der Waals surface area contributed by atoms with E-state index in [1.807, 2.05) is 0 Å². The molecule has 0 rings (SSSR count). The summed E-state index contributed by atoms with van der Waals surface area (Å²) >= 11 is 0. The molecule has 0 aliphatic heterocycles. The van der Waals surface area contributed by atoms with Crippen LogP contribution in [-0.4, -0.2) is 24.5 Å². The van der Waals surface area contributed by atoms with Crippen molar-refractivity contribution in [2.75, 3.05) is 0 Å². The minimum absolute atomic E-state index is 0.104. The summed E-state index contributed by atoms with van der Waals surface area (Å²) in [5, 5.41) is 0. The van der Waals surface area contributed by atoms with E-state index >= 15 is 0 Å². The summed E-state index contributed by atoms with van der Waals surface area (Å²) in [4.78, 5) is 36.1. The van der Waals surface area contributed by atoms with E-state index in [1.54, 1.807) is 0 Å². The third-order valence-electron chi connectivity index (χ3n) is 0.887. The Labute approximate surface area is 73.6 Å². The van der Waals surface area contributed by atoms with Gasteiger partial charge in [0.15, 0.2) is 0 Å². The summed E-state index contributed by atoms with van der Waals surface area (Å²) in [6.45, 7) is 4.67. The molecule has 0 bridgehead atoms. The first-order chi connectivity index (χ1) is 6.11. The molecule has 0 heterocycles. The molecule has 0 N–H and O–H groups in total. The van der Waals surface area contributed by atoms with Crippen LogP contribution in [0.2, 0.25) is 0 Å². The minimum atomic E-state index is -1.51.